The fraction of sp³-hybridized carbons (Fsp3) is 0.350. The summed E-state index contributed by atoms with van der Waals surface area (Å²) in [6, 6.07) is 7.65. The van der Waals surface area contributed by atoms with E-state index in [1.807, 2.05) is 24.3 Å². The first kappa shape index (κ1) is 17.9. The molecule has 140 valence electrons. The fourth-order valence-corrected chi connectivity index (χ4v) is 4.21. The number of rotatable bonds is 7. The highest BCUT2D eigenvalue weighted by Crippen LogP contribution is 2.22. The second kappa shape index (κ2) is 8.02. The largest absolute Gasteiger partial charge is 0.360 e. The molecule has 1 amide bonds. The summed E-state index contributed by atoms with van der Waals surface area (Å²) in [5.41, 5.74) is 1.80. The first-order valence-electron chi connectivity index (χ1n) is 9.29. The highest BCUT2D eigenvalue weighted by molar-refractivity contribution is 7.12. The van der Waals surface area contributed by atoms with Gasteiger partial charge in [0.05, 0.1) is 5.56 Å². The number of carbonyl (C=O) groups excluding carboxylic acids is 2. The molecule has 0 atom stereocenters. The average Bonchev–Trinajstić information content (AvgIpc) is 3.45. The van der Waals surface area contributed by atoms with Gasteiger partial charge in [-0.3, -0.25) is 9.59 Å². The van der Waals surface area contributed by atoms with Crippen molar-refractivity contribution in [3.63, 3.8) is 0 Å². The lowest BCUT2D eigenvalue weighted by Gasteiger charge is -2.13. The number of fused-ring (bicyclic) bond motifs is 1. The van der Waals surface area contributed by atoms with Crippen LogP contribution >= 0.6 is 11.3 Å². The summed E-state index contributed by atoms with van der Waals surface area (Å²) in [7, 11) is 0. The maximum absolute atomic E-state index is 12.8. The van der Waals surface area contributed by atoms with E-state index in [1.165, 1.54) is 37.3 Å². The van der Waals surface area contributed by atoms with Crippen LogP contribution in [0.15, 0.2) is 35.8 Å². The molecule has 3 aromatic rings. The predicted molar refractivity (Wildman–Crippen MR) is 106 cm³/mol. The quantitative estimate of drug-likeness (QED) is 0.486. The maximum atomic E-state index is 12.8. The van der Waals surface area contributed by atoms with Crippen LogP contribution in [0.4, 0.5) is 0 Å². The topological polar surface area (TPSA) is 78.1 Å². The summed E-state index contributed by atoms with van der Waals surface area (Å²) in [4.78, 5) is 34.8. The molecule has 1 aromatic carbocycles. The molecule has 0 spiro atoms. The fourth-order valence-electron chi connectivity index (χ4n) is 3.46. The number of hydrogen-bond acceptors (Lipinski definition) is 5. The van der Waals surface area contributed by atoms with Crippen molar-refractivity contribution in [3.8, 4) is 0 Å². The number of amides is 1. The number of ketones is 1. The molecule has 4 rings (SSSR count). The first-order chi connectivity index (χ1) is 13.2. The number of nitrogens with one attached hydrogen (secondary N) is 2. The summed E-state index contributed by atoms with van der Waals surface area (Å²) < 4.78 is 0. The third kappa shape index (κ3) is 3.94. The van der Waals surface area contributed by atoms with E-state index >= 15 is 0 Å². The Morgan fingerprint density at radius 2 is 2.04 bits per heavy atom. The summed E-state index contributed by atoms with van der Waals surface area (Å²) in [6.07, 6.45) is 5.18. The number of thiazole rings is 1. The van der Waals surface area contributed by atoms with Crippen molar-refractivity contribution in [2.75, 3.05) is 26.2 Å². The van der Waals surface area contributed by atoms with Gasteiger partial charge in [-0.2, -0.15) is 0 Å². The molecule has 3 heterocycles. The Hall–Kier alpha value is -2.51. The van der Waals surface area contributed by atoms with Crippen molar-refractivity contribution < 1.29 is 9.59 Å². The van der Waals surface area contributed by atoms with E-state index in [9.17, 15) is 9.59 Å². The van der Waals surface area contributed by atoms with Crippen LogP contribution in [0.25, 0.3) is 10.9 Å². The summed E-state index contributed by atoms with van der Waals surface area (Å²) >= 11 is 1.21. The van der Waals surface area contributed by atoms with E-state index in [0.717, 1.165) is 23.9 Å². The number of hydrogen-bond donors (Lipinski definition) is 2. The molecule has 2 N–H and O–H groups in total. The number of para-hydroxylation sites is 1. The van der Waals surface area contributed by atoms with Crippen molar-refractivity contribution in [3.05, 3.63) is 52.1 Å². The van der Waals surface area contributed by atoms with Gasteiger partial charge in [-0.25, -0.2) is 4.98 Å². The number of nitrogens with zero attached hydrogens (tertiary/aromatic N) is 2. The third-order valence-corrected chi connectivity index (χ3v) is 5.74. The van der Waals surface area contributed by atoms with Gasteiger partial charge in [0.1, 0.15) is 5.69 Å². The summed E-state index contributed by atoms with van der Waals surface area (Å²) in [5, 5.41) is 5.75. The van der Waals surface area contributed by atoms with Crippen molar-refractivity contribution in [2.45, 2.75) is 19.3 Å². The number of likely N-dealkylation sites (tertiary alicyclic amines) is 1. The van der Waals surface area contributed by atoms with Crippen molar-refractivity contribution in [2.24, 2.45) is 0 Å². The molecule has 0 aliphatic carbocycles. The monoisotopic (exact) mass is 382 g/mol. The van der Waals surface area contributed by atoms with Crippen molar-refractivity contribution in [1.82, 2.24) is 20.2 Å². The average molecular weight is 382 g/mol. The molecular formula is C20H22N4O2S. The zero-order valence-electron chi connectivity index (χ0n) is 15.0. The Morgan fingerprint density at radius 3 is 2.89 bits per heavy atom. The van der Waals surface area contributed by atoms with Gasteiger partial charge in [-0.1, -0.05) is 18.2 Å². The van der Waals surface area contributed by atoms with E-state index < -0.39 is 0 Å². The van der Waals surface area contributed by atoms with E-state index in [-0.39, 0.29) is 11.7 Å². The number of H-pyrrole nitrogens is 1. The highest BCUT2D eigenvalue weighted by atomic mass is 32.1. The van der Waals surface area contributed by atoms with Crippen LogP contribution < -0.4 is 5.32 Å². The van der Waals surface area contributed by atoms with Crippen LogP contribution in [0.2, 0.25) is 0 Å². The summed E-state index contributed by atoms with van der Waals surface area (Å²) in [6.45, 7) is 3.97. The molecule has 0 unspecified atom stereocenters. The lowest BCUT2D eigenvalue weighted by Crippen LogP contribution is -2.28. The molecule has 6 nitrogen and oxygen atoms in total. The Kier molecular flexibility index (Phi) is 5.31. The molecular weight excluding hydrogens is 360 g/mol. The molecule has 1 saturated heterocycles. The minimum atomic E-state index is -0.217. The van der Waals surface area contributed by atoms with Gasteiger partial charge >= 0.3 is 0 Å². The van der Waals surface area contributed by atoms with Gasteiger partial charge in [0, 0.05) is 29.0 Å². The van der Waals surface area contributed by atoms with Crippen LogP contribution in [0, 0.1) is 0 Å². The van der Waals surface area contributed by atoms with E-state index in [0.29, 0.717) is 22.8 Å². The molecule has 1 aliphatic heterocycles. The molecule has 0 bridgehead atoms. The molecule has 27 heavy (non-hydrogen) atoms. The number of aromatic nitrogens is 2. The molecule has 7 heteroatoms. The molecule has 0 radical (unpaired) electrons. The van der Waals surface area contributed by atoms with Gasteiger partial charge in [0.25, 0.3) is 5.91 Å². The Labute approximate surface area is 161 Å². The minimum absolute atomic E-state index is 0.162. The predicted octanol–water partition coefficient (Wildman–Crippen LogP) is 3.07. The van der Waals surface area contributed by atoms with Crippen LogP contribution in [0.3, 0.4) is 0 Å². The molecule has 1 aliphatic rings. The standard InChI is InChI=1S/C20H22N4O2S/c25-18(15-12-22-16-7-2-1-6-14(15)16)20-23-17(13-27-20)19(26)21-8-5-11-24-9-3-4-10-24/h1-2,6-7,12-13,22H,3-5,8-11H2,(H,21,26). The smallest absolute Gasteiger partial charge is 0.270 e. The van der Waals surface area contributed by atoms with Gasteiger partial charge < -0.3 is 15.2 Å². The second-order valence-corrected chi connectivity index (χ2v) is 7.63. The Morgan fingerprint density at radius 1 is 1.22 bits per heavy atom. The van der Waals surface area contributed by atoms with E-state index in [2.05, 4.69) is 20.2 Å². The normalized spacial score (nSPS) is 14.7. The maximum Gasteiger partial charge on any atom is 0.270 e. The van der Waals surface area contributed by atoms with Gasteiger partial charge in [-0.15, -0.1) is 11.3 Å². The zero-order chi connectivity index (χ0) is 18.6. The van der Waals surface area contributed by atoms with E-state index in [1.54, 1.807) is 11.6 Å². The van der Waals surface area contributed by atoms with Crippen LogP contribution in [-0.2, 0) is 0 Å². The van der Waals surface area contributed by atoms with Crippen LogP contribution in [-0.4, -0.2) is 52.7 Å². The lowest BCUT2D eigenvalue weighted by molar-refractivity contribution is 0.0947. The van der Waals surface area contributed by atoms with Crippen molar-refractivity contribution in [1.29, 1.82) is 0 Å². The highest BCUT2D eigenvalue weighted by Gasteiger charge is 2.19. The first-order valence-corrected chi connectivity index (χ1v) is 10.2. The number of benzene rings is 1. The van der Waals surface area contributed by atoms with Crippen molar-refractivity contribution >= 4 is 33.9 Å². The molecule has 1 fully saturated rings. The molecule has 2 aromatic heterocycles. The number of carbonyl (C=O) groups is 2. The zero-order valence-corrected chi connectivity index (χ0v) is 15.8. The van der Waals surface area contributed by atoms with Crippen LogP contribution in [0.1, 0.15) is 45.1 Å². The van der Waals surface area contributed by atoms with E-state index in [4.69, 9.17) is 0 Å². The molecule has 0 saturated carbocycles. The SMILES string of the molecule is O=C(NCCCN1CCCC1)c1csc(C(=O)c2c[nH]c3ccccc23)n1. The van der Waals surface area contributed by atoms with Crippen LogP contribution in [0.5, 0.6) is 0 Å². The Balaban J connectivity index is 1.36. The van der Waals surface area contributed by atoms with Gasteiger partial charge in [0.2, 0.25) is 5.78 Å². The second-order valence-electron chi connectivity index (χ2n) is 6.77. The number of aromatic amines is 1. The van der Waals surface area contributed by atoms with Gasteiger partial charge in [0.15, 0.2) is 5.01 Å². The lowest BCUT2D eigenvalue weighted by atomic mass is 10.1. The Bertz CT molecular complexity index is 956. The third-order valence-electron chi connectivity index (χ3n) is 4.90. The van der Waals surface area contributed by atoms with Gasteiger partial charge in [-0.05, 0) is 45.0 Å². The minimum Gasteiger partial charge on any atom is -0.360 e. The summed E-state index contributed by atoms with van der Waals surface area (Å²) in [5.74, 6) is -0.379.